The smallest absolute Gasteiger partial charge is 0.217 e. The molecule has 0 bridgehead atoms. The van der Waals surface area contributed by atoms with E-state index in [1.807, 2.05) is 0 Å². The molecule has 0 aliphatic carbocycles. The van der Waals surface area contributed by atoms with Crippen LogP contribution in [-0.2, 0) is 4.79 Å². The predicted octanol–water partition coefficient (Wildman–Crippen LogP) is 1.06. The molecule has 0 spiro atoms. The third kappa shape index (κ3) is 7.03. The SMILES string of the molecule is C#CCCCCCC(N)=O. The maximum atomic E-state index is 10.2. The molecular weight excluding hydrogens is 126 g/mol. The first-order valence-electron chi connectivity index (χ1n) is 3.49. The Balaban J connectivity index is 2.92. The number of unbranched alkanes of at least 4 members (excludes halogenated alkanes) is 3. The molecule has 2 heteroatoms. The van der Waals surface area contributed by atoms with Gasteiger partial charge in [-0.3, -0.25) is 4.79 Å². The van der Waals surface area contributed by atoms with E-state index in [2.05, 4.69) is 5.92 Å². The van der Waals surface area contributed by atoms with Gasteiger partial charge in [0.15, 0.2) is 0 Å². The Morgan fingerprint density at radius 3 is 2.60 bits per heavy atom. The number of amides is 1. The molecule has 0 saturated heterocycles. The van der Waals surface area contributed by atoms with Crippen molar-refractivity contribution in [2.45, 2.75) is 32.1 Å². The Bertz CT molecular complexity index is 135. The Morgan fingerprint density at radius 2 is 2.10 bits per heavy atom. The van der Waals surface area contributed by atoms with Crippen LogP contribution in [-0.4, -0.2) is 5.91 Å². The first-order chi connectivity index (χ1) is 4.77. The van der Waals surface area contributed by atoms with E-state index >= 15 is 0 Å². The Labute approximate surface area is 61.8 Å². The highest BCUT2D eigenvalue weighted by molar-refractivity contribution is 5.73. The molecule has 10 heavy (non-hydrogen) atoms. The highest BCUT2D eigenvalue weighted by Crippen LogP contribution is 2.00. The number of carbonyl (C=O) groups excluding carboxylic acids is 1. The zero-order valence-corrected chi connectivity index (χ0v) is 6.10. The molecule has 2 N–H and O–H groups in total. The number of rotatable bonds is 5. The van der Waals surface area contributed by atoms with Crippen LogP contribution >= 0.6 is 0 Å². The van der Waals surface area contributed by atoms with Crippen LogP contribution < -0.4 is 5.73 Å². The van der Waals surface area contributed by atoms with E-state index < -0.39 is 0 Å². The van der Waals surface area contributed by atoms with Gasteiger partial charge >= 0.3 is 0 Å². The summed E-state index contributed by atoms with van der Waals surface area (Å²) in [5.41, 5.74) is 4.93. The Morgan fingerprint density at radius 1 is 1.40 bits per heavy atom. The molecule has 0 unspecified atom stereocenters. The summed E-state index contributed by atoms with van der Waals surface area (Å²) >= 11 is 0. The summed E-state index contributed by atoms with van der Waals surface area (Å²) in [6.07, 6.45) is 9.21. The molecular formula is C8H13NO. The summed E-state index contributed by atoms with van der Waals surface area (Å²) in [5.74, 6) is 2.32. The van der Waals surface area contributed by atoms with Gasteiger partial charge in [0.2, 0.25) is 5.91 Å². The summed E-state index contributed by atoms with van der Waals surface area (Å²) < 4.78 is 0. The first kappa shape index (κ1) is 9.03. The summed E-state index contributed by atoms with van der Waals surface area (Å²) in [6.45, 7) is 0. The monoisotopic (exact) mass is 139 g/mol. The van der Waals surface area contributed by atoms with Gasteiger partial charge in [0, 0.05) is 12.8 Å². The molecule has 0 saturated carbocycles. The van der Waals surface area contributed by atoms with Gasteiger partial charge in [-0.2, -0.15) is 0 Å². The molecule has 0 fully saturated rings. The zero-order chi connectivity index (χ0) is 7.82. The average Bonchev–Trinajstić information content (AvgIpc) is 1.87. The lowest BCUT2D eigenvalue weighted by molar-refractivity contribution is -0.118. The second-order valence-electron chi connectivity index (χ2n) is 2.23. The van der Waals surface area contributed by atoms with Crippen molar-refractivity contribution in [3.05, 3.63) is 0 Å². The minimum absolute atomic E-state index is 0.222. The van der Waals surface area contributed by atoms with Crippen molar-refractivity contribution in [2.75, 3.05) is 0 Å². The van der Waals surface area contributed by atoms with Crippen molar-refractivity contribution in [1.82, 2.24) is 0 Å². The molecule has 0 aromatic heterocycles. The minimum Gasteiger partial charge on any atom is -0.370 e. The van der Waals surface area contributed by atoms with E-state index in [0.717, 1.165) is 25.7 Å². The van der Waals surface area contributed by atoms with Crippen LogP contribution in [0.2, 0.25) is 0 Å². The van der Waals surface area contributed by atoms with Gasteiger partial charge in [0.1, 0.15) is 0 Å². The molecule has 1 amide bonds. The fourth-order valence-corrected chi connectivity index (χ4v) is 0.703. The maximum absolute atomic E-state index is 10.2. The summed E-state index contributed by atoms with van der Waals surface area (Å²) in [7, 11) is 0. The average molecular weight is 139 g/mol. The number of nitrogens with two attached hydrogens (primary N) is 1. The Hall–Kier alpha value is -0.970. The lowest BCUT2D eigenvalue weighted by atomic mass is 10.1. The highest BCUT2D eigenvalue weighted by atomic mass is 16.1. The standard InChI is InChI=1S/C8H13NO/c1-2-3-4-5-6-7-8(9)10/h1H,3-7H2,(H2,9,10). The molecule has 0 rings (SSSR count). The van der Waals surface area contributed by atoms with Crippen molar-refractivity contribution in [3.8, 4) is 12.3 Å². The van der Waals surface area contributed by atoms with E-state index in [9.17, 15) is 4.79 Å². The second kappa shape index (κ2) is 6.15. The number of hydrogen-bond acceptors (Lipinski definition) is 1. The third-order valence-corrected chi connectivity index (χ3v) is 1.24. The normalized spacial score (nSPS) is 8.70. The van der Waals surface area contributed by atoms with Gasteiger partial charge in [-0.25, -0.2) is 0 Å². The van der Waals surface area contributed by atoms with Crippen LogP contribution in [0.15, 0.2) is 0 Å². The number of hydrogen-bond donors (Lipinski definition) is 1. The van der Waals surface area contributed by atoms with Gasteiger partial charge in [-0.15, -0.1) is 12.3 Å². The molecule has 0 heterocycles. The lowest BCUT2D eigenvalue weighted by Crippen LogP contribution is -2.09. The summed E-state index contributed by atoms with van der Waals surface area (Å²) in [6, 6.07) is 0. The van der Waals surface area contributed by atoms with Crippen LogP contribution in [0.5, 0.6) is 0 Å². The fraction of sp³-hybridized carbons (Fsp3) is 0.625. The summed E-state index contributed by atoms with van der Waals surface area (Å²) in [4.78, 5) is 10.2. The van der Waals surface area contributed by atoms with Crippen LogP contribution in [0, 0.1) is 12.3 Å². The summed E-state index contributed by atoms with van der Waals surface area (Å²) in [5, 5.41) is 0. The molecule has 0 aromatic rings. The van der Waals surface area contributed by atoms with Crippen LogP contribution in [0.4, 0.5) is 0 Å². The lowest BCUT2D eigenvalue weighted by Gasteiger charge is -1.93. The maximum Gasteiger partial charge on any atom is 0.217 e. The minimum atomic E-state index is -0.222. The van der Waals surface area contributed by atoms with E-state index in [4.69, 9.17) is 12.2 Å². The quantitative estimate of drug-likeness (QED) is 0.449. The van der Waals surface area contributed by atoms with E-state index in [-0.39, 0.29) is 5.91 Å². The van der Waals surface area contributed by atoms with E-state index in [0.29, 0.717) is 6.42 Å². The second-order valence-corrected chi connectivity index (χ2v) is 2.23. The third-order valence-electron chi connectivity index (χ3n) is 1.24. The van der Waals surface area contributed by atoms with Gasteiger partial charge in [0.25, 0.3) is 0 Å². The van der Waals surface area contributed by atoms with Gasteiger partial charge in [0.05, 0.1) is 0 Å². The van der Waals surface area contributed by atoms with E-state index in [1.54, 1.807) is 0 Å². The molecule has 0 aliphatic heterocycles. The van der Waals surface area contributed by atoms with Crippen molar-refractivity contribution in [1.29, 1.82) is 0 Å². The van der Waals surface area contributed by atoms with Crippen LogP contribution in [0.1, 0.15) is 32.1 Å². The Kier molecular flexibility index (Phi) is 5.56. The van der Waals surface area contributed by atoms with Gasteiger partial charge in [-0.1, -0.05) is 6.42 Å². The molecule has 56 valence electrons. The predicted molar refractivity (Wildman–Crippen MR) is 41.1 cm³/mol. The van der Waals surface area contributed by atoms with E-state index in [1.165, 1.54) is 0 Å². The van der Waals surface area contributed by atoms with Crippen LogP contribution in [0.3, 0.4) is 0 Å². The largest absolute Gasteiger partial charge is 0.370 e. The molecule has 0 atom stereocenters. The highest BCUT2D eigenvalue weighted by Gasteiger charge is 1.92. The zero-order valence-electron chi connectivity index (χ0n) is 6.10. The molecule has 0 aromatic carbocycles. The first-order valence-corrected chi connectivity index (χ1v) is 3.49. The molecule has 0 aliphatic rings. The molecule has 0 radical (unpaired) electrons. The number of primary amides is 1. The van der Waals surface area contributed by atoms with Crippen molar-refractivity contribution in [3.63, 3.8) is 0 Å². The van der Waals surface area contributed by atoms with Gasteiger partial charge < -0.3 is 5.73 Å². The number of terminal acetylenes is 1. The van der Waals surface area contributed by atoms with Crippen molar-refractivity contribution in [2.24, 2.45) is 5.73 Å². The van der Waals surface area contributed by atoms with Crippen LogP contribution in [0.25, 0.3) is 0 Å². The van der Waals surface area contributed by atoms with Gasteiger partial charge in [-0.05, 0) is 12.8 Å². The number of carbonyl (C=O) groups is 1. The van der Waals surface area contributed by atoms with Crippen molar-refractivity contribution < 1.29 is 4.79 Å². The topological polar surface area (TPSA) is 43.1 Å². The molecule has 2 nitrogen and oxygen atoms in total. The van der Waals surface area contributed by atoms with Crippen molar-refractivity contribution >= 4 is 5.91 Å². The fourth-order valence-electron chi connectivity index (χ4n) is 0.703.